The molecule has 1 aromatic heterocycles. The summed E-state index contributed by atoms with van der Waals surface area (Å²) in [6.07, 6.45) is 1.82. The second-order valence-electron chi connectivity index (χ2n) is 6.53. The van der Waals surface area contributed by atoms with E-state index < -0.39 is 0 Å². The average Bonchev–Trinajstić information content (AvgIpc) is 2.52. The lowest BCUT2D eigenvalue weighted by Crippen LogP contribution is -2.36. The zero-order chi connectivity index (χ0) is 16.0. The van der Waals surface area contributed by atoms with Crippen molar-refractivity contribution < 1.29 is 4.74 Å². The standard InChI is InChI=1S/C19H26N2O/c1-15(2)14-22-18-10-8-16(9-11-18)19(3,4)21-13-17-7-5-6-12-20-17/h5-12,15,21H,13-14H2,1-4H3. The number of ether oxygens (including phenoxy) is 1. The molecule has 0 spiro atoms. The van der Waals surface area contributed by atoms with E-state index in [0.29, 0.717) is 5.92 Å². The molecule has 3 nitrogen and oxygen atoms in total. The number of benzene rings is 1. The molecule has 0 atom stereocenters. The Kier molecular flexibility index (Phi) is 5.56. The molecular weight excluding hydrogens is 272 g/mol. The summed E-state index contributed by atoms with van der Waals surface area (Å²) in [5.74, 6) is 1.47. The third-order valence-electron chi connectivity index (χ3n) is 3.60. The molecule has 0 saturated heterocycles. The van der Waals surface area contributed by atoms with Crippen molar-refractivity contribution >= 4 is 0 Å². The quantitative estimate of drug-likeness (QED) is 0.834. The number of nitrogens with one attached hydrogen (secondary N) is 1. The lowest BCUT2D eigenvalue weighted by atomic mass is 9.94. The first-order chi connectivity index (χ1) is 10.5. The van der Waals surface area contributed by atoms with Gasteiger partial charge in [0.25, 0.3) is 0 Å². The van der Waals surface area contributed by atoms with Gasteiger partial charge in [-0.1, -0.05) is 32.0 Å². The van der Waals surface area contributed by atoms with E-state index in [4.69, 9.17) is 4.74 Å². The molecule has 0 bridgehead atoms. The predicted octanol–water partition coefficient (Wildman–Crippen LogP) is 4.14. The summed E-state index contributed by atoms with van der Waals surface area (Å²) < 4.78 is 5.73. The van der Waals surface area contributed by atoms with Crippen LogP contribution < -0.4 is 10.1 Å². The van der Waals surface area contributed by atoms with Crippen LogP contribution >= 0.6 is 0 Å². The fourth-order valence-electron chi connectivity index (χ4n) is 2.15. The van der Waals surface area contributed by atoms with Crippen LogP contribution in [-0.4, -0.2) is 11.6 Å². The maximum atomic E-state index is 5.73. The summed E-state index contributed by atoms with van der Waals surface area (Å²) in [5.41, 5.74) is 2.17. The van der Waals surface area contributed by atoms with Crippen molar-refractivity contribution in [1.82, 2.24) is 10.3 Å². The maximum absolute atomic E-state index is 5.73. The molecule has 0 saturated carbocycles. The zero-order valence-electron chi connectivity index (χ0n) is 14.0. The third-order valence-corrected chi connectivity index (χ3v) is 3.60. The Morgan fingerprint density at radius 3 is 2.41 bits per heavy atom. The number of nitrogens with zero attached hydrogens (tertiary/aromatic N) is 1. The van der Waals surface area contributed by atoms with Gasteiger partial charge in [-0.05, 0) is 49.6 Å². The number of hydrogen-bond acceptors (Lipinski definition) is 3. The van der Waals surface area contributed by atoms with E-state index in [1.165, 1.54) is 5.56 Å². The van der Waals surface area contributed by atoms with Crippen LogP contribution in [0.1, 0.15) is 39.0 Å². The summed E-state index contributed by atoms with van der Waals surface area (Å²) in [4.78, 5) is 4.35. The van der Waals surface area contributed by atoms with Crippen LogP contribution in [0.2, 0.25) is 0 Å². The van der Waals surface area contributed by atoms with Gasteiger partial charge >= 0.3 is 0 Å². The highest BCUT2D eigenvalue weighted by Gasteiger charge is 2.19. The van der Waals surface area contributed by atoms with Crippen molar-refractivity contribution in [2.24, 2.45) is 5.92 Å². The largest absolute Gasteiger partial charge is 0.493 e. The van der Waals surface area contributed by atoms with Gasteiger partial charge in [-0.15, -0.1) is 0 Å². The Balaban J connectivity index is 1.96. The molecule has 0 radical (unpaired) electrons. The van der Waals surface area contributed by atoms with E-state index in [0.717, 1.165) is 24.6 Å². The first-order valence-electron chi connectivity index (χ1n) is 7.85. The smallest absolute Gasteiger partial charge is 0.119 e. The fourth-order valence-corrected chi connectivity index (χ4v) is 2.15. The van der Waals surface area contributed by atoms with Gasteiger partial charge in [0.05, 0.1) is 12.3 Å². The van der Waals surface area contributed by atoms with E-state index in [1.54, 1.807) is 0 Å². The van der Waals surface area contributed by atoms with Crippen molar-refractivity contribution in [3.05, 3.63) is 59.9 Å². The second kappa shape index (κ2) is 7.41. The molecule has 3 heteroatoms. The minimum atomic E-state index is -0.117. The van der Waals surface area contributed by atoms with E-state index in [2.05, 4.69) is 50.1 Å². The molecule has 1 heterocycles. The Labute approximate surface area is 133 Å². The Morgan fingerprint density at radius 2 is 1.82 bits per heavy atom. The summed E-state index contributed by atoms with van der Waals surface area (Å²) in [7, 11) is 0. The average molecular weight is 298 g/mol. The van der Waals surface area contributed by atoms with Crippen LogP contribution in [0.15, 0.2) is 48.7 Å². The minimum Gasteiger partial charge on any atom is -0.493 e. The molecule has 0 aliphatic heterocycles. The number of pyridine rings is 1. The highest BCUT2D eigenvalue weighted by Crippen LogP contribution is 2.23. The Hall–Kier alpha value is -1.87. The molecule has 0 aliphatic carbocycles. The molecule has 1 aromatic carbocycles. The first kappa shape index (κ1) is 16.5. The molecule has 0 unspecified atom stereocenters. The van der Waals surface area contributed by atoms with Crippen molar-refractivity contribution in [3.63, 3.8) is 0 Å². The van der Waals surface area contributed by atoms with Crippen LogP contribution in [0.5, 0.6) is 5.75 Å². The van der Waals surface area contributed by atoms with E-state index in [1.807, 2.05) is 36.5 Å². The first-order valence-corrected chi connectivity index (χ1v) is 7.85. The summed E-state index contributed by atoms with van der Waals surface area (Å²) >= 11 is 0. The fraction of sp³-hybridized carbons (Fsp3) is 0.421. The van der Waals surface area contributed by atoms with Crippen LogP contribution in [0.4, 0.5) is 0 Å². The number of hydrogen-bond donors (Lipinski definition) is 1. The van der Waals surface area contributed by atoms with Gasteiger partial charge in [0.2, 0.25) is 0 Å². The van der Waals surface area contributed by atoms with Gasteiger partial charge in [0, 0.05) is 18.3 Å². The van der Waals surface area contributed by atoms with E-state index in [-0.39, 0.29) is 5.54 Å². The van der Waals surface area contributed by atoms with Crippen molar-refractivity contribution in [3.8, 4) is 5.75 Å². The summed E-state index contributed by atoms with van der Waals surface area (Å²) in [6, 6.07) is 14.3. The van der Waals surface area contributed by atoms with Crippen LogP contribution in [-0.2, 0) is 12.1 Å². The Morgan fingerprint density at radius 1 is 1.09 bits per heavy atom. The molecule has 0 aliphatic rings. The molecule has 118 valence electrons. The number of aromatic nitrogens is 1. The van der Waals surface area contributed by atoms with Gasteiger partial charge in [-0.3, -0.25) is 4.98 Å². The van der Waals surface area contributed by atoms with Gasteiger partial charge in [0.15, 0.2) is 0 Å². The SMILES string of the molecule is CC(C)COc1ccc(C(C)(C)NCc2ccccn2)cc1. The van der Waals surface area contributed by atoms with Gasteiger partial charge in [0.1, 0.15) is 5.75 Å². The molecule has 1 N–H and O–H groups in total. The molecule has 22 heavy (non-hydrogen) atoms. The Bertz CT molecular complexity index is 562. The lowest BCUT2D eigenvalue weighted by Gasteiger charge is -2.27. The third kappa shape index (κ3) is 4.85. The predicted molar refractivity (Wildman–Crippen MR) is 90.9 cm³/mol. The van der Waals surface area contributed by atoms with Crippen molar-refractivity contribution in [2.45, 2.75) is 39.8 Å². The van der Waals surface area contributed by atoms with Crippen molar-refractivity contribution in [2.75, 3.05) is 6.61 Å². The molecule has 0 fully saturated rings. The maximum Gasteiger partial charge on any atom is 0.119 e. The van der Waals surface area contributed by atoms with Crippen molar-refractivity contribution in [1.29, 1.82) is 0 Å². The topological polar surface area (TPSA) is 34.1 Å². The molecule has 2 rings (SSSR count). The normalized spacial score (nSPS) is 11.7. The summed E-state index contributed by atoms with van der Waals surface area (Å²) in [6.45, 7) is 10.2. The highest BCUT2D eigenvalue weighted by molar-refractivity contribution is 5.31. The number of rotatable bonds is 7. The summed E-state index contributed by atoms with van der Waals surface area (Å²) in [5, 5.41) is 3.56. The monoisotopic (exact) mass is 298 g/mol. The minimum absolute atomic E-state index is 0.117. The molecular formula is C19H26N2O. The van der Waals surface area contributed by atoms with E-state index >= 15 is 0 Å². The van der Waals surface area contributed by atoms with E-state index in [9.17, 15) is 0 Å². The lowest BCUT2D eigenvalue weighted by molar-refractivity contribution is 0.270. The highest BCUT2D eigenvalue weighted by atomic mass is 16.5. The molecule has 2 aromatic rings. The van der Waals surface area contributed by atoms with Crippen LogP contribution in [0.25, 0.3) is 0 Å². The zero-order valence-corrected chi connectivity index (χ0v) is 14.0. The van der Waals surface area contributed by atoms with Gasteiger partial charge < -0.3 is 10.1 Å². The van der Waals surface area contributed by atoms with Gasteiger partial charge in [-0.2, -0.15) is 0 Å². The van der Waals surface area contributed by atoms with Crippen LogP contribution in [0, 0.1) is 5.92 Å². The van der Waals surface area contributed by atoms with Gasteiger partial charge in [-0.25, -0.2) is 0 Å². The second-order valence-corrected chi connectivity index (χ2v) is 6.53. The molecule has 0 amide bonds. The van der Waals surface area contributed by atoms with Crippen LogP contribution in [0.3, 0.4) is 0 Å².